The van der Waals surface area contributed by atoms with Gasteiger partial charge in [0.1, 0.15) is 11.6 Å². The van der Waals surface area contributed by atoms with Crippen molar-refractivity contribution in [2.45, 2.75) is 25.7 Å². The van der Waals surface area contributed by atoms with Gasteiger partial charge in [-0.15, -0.1) is 0 Å². The summed E-state index contributed by atoms with van der Waals surface area (Å²) < 4.78 is 1.65. The van der Waals surface area contributed by atoms with Gasteiger partial charge in [-0.2, -0.15) is 10.4 Å². The van der Waals surface area contributed by atoms with Gasteiger partial charge in [-0.25, -0.2) is 9.50 Å². The Kier molecular flexibility index (Phi) is 2.98. The van der Waals surface area contributed by atoms with E-state index in [1.807, 2.05) is 12.1 Å². The molecule has 4 rings (SSSR count). The van der Waals surface area contributed by atoms with E-state index >= 15 is 0 Å². The molecule has 0 spiro atoms. The van der Waals surface area contributed by atoms with Crippen molar-refractivity contribution in [3.05, 3.63) is 64.6 Å². The molecule has 1 atom stereocenters. The summed E-state index contributed by atoms with van der Waals surface area (Å²) in [5.41, 5.74) is 4.81. The molecule has 1 aromatic carbocycles. The predicted molar refractivity (Wildman–Crippen MR) is 84.3 cm³/mol. The molecule has 0 radical (unpaired) electrons. The highest BCUT2D eigenvalue weighted by Gasteiger charge is 2.30. The van der Waals surface area contributed by atoms with Crippen molar-refractivity contribution in [1.82, 2.24) is 14.6 Å². The van der Waals surface area contributed by atoms with Crippen LogP contribution in [-0.2, 0) is 6.42 Å². The first kappa shape index (κ1) is 13.6. The number of Topliss-reactive ketones (excluding diaryl/α,β-unsaturated/α-hetero) is 1. The highest BCUT2D eigenvalue weighted by Crippen LogP contribution is 2.34. The molecular weight excluding hydrogens is 288 g/mol. The molecule has 0 N–H and O–H groups in total. The lowest BCUT2D eigenvalue weighted by atomic mass is 9.80. The van der Waals surface area contributed by atoms with Crippen LogP contribution in [0.25, 0.3) is 5.65 Å². The SMILES string of the molecule is Cc1ccccc1C1CC(=O)c2cnc3c(C#N)cnn3c2C1. The lowest BCUT2D eigenvalue weighted by Crippen LogP contribution is -2.23. The molecule has 0 amide bonds. The van der Waals surface area contributed by atoms with Gasteiger partial charge < -0.3 is 0 Å². The normalized spacial score (nSPS) is 17.0. The largest absolute Gasteiger partial charge is 0.294 e. The number of ketones is 1. The van der Waals surface area contributed by atoms with Crippen LogP contribution in [0.3, 0.4) is 0 Å². The number of aryl methyl sites for hydroxylation is 1. The number of rotatable bonds is 1. The Balaban J connectivity index is 1.87. The minimum absolute atomic E-state index is 0.0860. The zero-order chi connectivity index (χ0) is 16.0. The number of aromatic nitrogens is 3. The van der Waals surface area contributed by atoms with Crippen molar-refractivity contribution >= 4 is 11.4 Å². The number of fused-ring (bicyclic) bond motifs is 3. The number of nitriles is 1. The van der Waals surface area contributed by atoms with Crippen LogP contribution in [0.2, 0.25) is 0 Å². The Morgan fingerprint density at radius 2 is 2.09 bits per heavy atom. The quantitative estimate of drug-likeness (QED) is 0.693. The lowest BCUT2D eigenvalue weighted by Gasteiger charge is -2.25. The van der Waals surface area contributed by atoms with E-state index in [1.165, 1.54) is 17.3 Å². The molecule has 112 valence electrons. The Morgan fingerprint density at radius 3 is 2.87 bits per heavy atom. The minimum Gasteiger partial charge on any atom is -0.294 e. The van der Waals surface area contributed by atoms with Crippen LogP contribution in [-0.4, -0.2) is 20.4 Å². The van der Waals surface area contributed by atoms with Crippen LogP contribution < -0.4 is 0 Å². The zero-order valence-corrected chi connectivity index (χ0v) is 12.7. The van der Waals surface area contributed by atoms with E-state index in [2.05, 4.69) is 35.2 Å². The van der Waals surface area contributed by atoms with Crippen LogP contribution >= 0.6 is 0 Å². The minimum atomic E-state index is 0.0860. The molecule has 5 nitrogen and oxygen atoms in total. The average molecular weight is 302 g/mol. The Labute approximate surface area is 133 Å². The summed E-state index contributed by atoms with van der Waals surface area (Å²) in [7, 11) is 0. The van der Waals surface area contributed by atoms with Gasteiger partial charge >= 0.3 is 0 Å². The van der Waals surface area contributed by atoms with Crippen LogP contribution in [0.4, 0.5) is 0 Å². The standard InChI is InChI=1S/C18H14N4O/c1-11-4-2-3-5-14(11)12-6-16-15(17(23)7-12)10-20-18-13(8-19)9-21-22(16)18/h2-5,9-10,12H,6-7H2,1H3. The van der Waals surface area contributed by atoms with Crippen molar-refractivity contribution in [3.8, 4) is 6.07 Å². The van der Waals surface area contributed by atoms with Gasteiger partial charge in [-0.3, -0.25) is 4.79 Å². The highest BCUT2D eigenvalue weighted by molar-refractivity contribution is 5.98. The van der Waals surface area contributed by atoms with E-state index < -0.39 is 0 Å². The Bertz CT molecular complexity index is 980. The van der Waals surface area contributed by atoms with E-state index in [0.717, 1.165) is 12.1 Å². The second-order valence-corrected chi connectivity index (χ2v) is 5.91. The van der Waals surface area contributed by atoms with Gasteiger partial charge in [0.15, 0.2) is 11.4 Å². The molecule has 2 heterocycles. The number of carbonyl (C=O) groups is 1. The van der Waals surface area contributed by atoms with Crippen LogP contribution in [0.15, 0.2) is 36.7 Å². The number of benzene rings is 1. The van der Waals surface area contributed by atoms with Crippen LogP contribution in [0.5, 0.6) is 0 Å². The fourth-order valence-electron chi connectivity index (χ4n) is 3.39. The molecule has 3 aromatic rings. The fourth-order valence-corrected chi connectivity index (χ4v) is 3.39. The molecule has 2 aromatic heterocycles. The van der Waals surface area contributed by atoms with Crippen molar-refractivity contribution in [2.24, 2.45) is 0 Å². The lowest BCUT2D eigenvalue weighted by molar-refractivity contribution is 0.0962. The summed E-state index contributed by atoms with van der Waals surface area (Å²) in [6.45, 7) is 2.07. The highest BCUT2D eigenvalue weighted by atomic mass is 16.1. The summed E-state index contributed by atoms with van der Waals surface area (Å²) in [6.07, 6.45) is 4.29. The van der Waals surface area contributed by atoms with Crippen molar-refractivity contribution < 1.29 is 4.79 Å². The van der Waals surface area contributed by atoms with E-state index in [1.54, 1.807) is 10.7 Å². The summed E-state index contributed by atoms with van der Waals surface area (Å²) in [4.78, 5) is 16.8. The van der Waals surface area contributed by atoms with Gasteiger partial charge in [0.05, 0.1) is 17.5 Å². The maximum Gasteiger partial charge on any atom is 0.173 e. The smallest absolute Gasteiger partial charge is 0.173 e. The molecule has 0 saturated heterocycles. The molecule has 23 heavy (non-hydrogen) atoms. The van der Waals surface area contributed by atoms with Gasteiger partial charge in [0.2, 0.25) is 0 Å². The van der Waals surface area contributed by atoms with E-state index in [9.17, 15) is 4.79 Å². The molecule has 0 aliphatic heterocycles. The fraction of sp³-hybridized carbons (Fsp3) is 0.222. The van der Waals surface area contributed by atoms with Crippen molar-refractivity contribution in [2.75, 3.05) is 0 Å². The van der Waals surface area contributed by atoms with Gasteiger partial charge in [-0.05, 0) is 30.4 Å². The predicted octanol–water partition coefficient (Wildman–Crippen LogP) is 2.82. The molecule has 0 bridgehead atoms. The van der Waals surface area contributed by atoms with Gasteiger partial charge in [-0.1, -0.05) is 24.3 Å². The molecule has 1 unspecified atom stereocenters. The van der Waals surface area contributed by atoms with Crippen LogP contribution in [0, 0.1) is 18.3 Å². The van der Waals surface area contributed by atoms with E-state index in [-0.39, 0.29) is 11.7 Å². The third-order valence-electron chi connectivity index (χ3n) is 4.55. The first-order valence-corrected chi connectivity index (χ1v) is 7.53. The Hall–Kier alpha value is -3.00. The summed E-state index contributed by atoms with van der Waals surface area (Å²) >= 11 is 0. The average Bonchev–Trinajstić information content (AvgIpc) is 2.98. The molecule has 0 fully saturated rings. The first-order valence-electron chi connectivity index (χ1n) is 7.53. The Morgan fingerprint density at radius 1 is 1.26 bits per heavy atom. The number of carbonyl (C=O) groups excluding carboxylic acids is 1. The monoisotopic (exact) mass is 302 g/mol. The summed E-state index contributed by atoms with van der Waals surface area (Å²) in [5, 5.41) is 13.4. The topological polar surface area (TPSA) is 71.0 Å². The molecule has 1 aliphatic carbocycles. The van der Waals surface area contributed by atoms with Crippen LogP contribution in [0.1, 0.15) is 45.1 Å². The molecule has 0 saturated carbocycles. The maximum atomic E-state index is 12.6. The van der Waals surface area contributed by atoms with Crippen molar-refractivity contribution in [1.29, 1.82) is 5.26 Å². The second-order valence-electron chi connectivity index (χ2n) is 5.91. The number of nitrogens with zero attached hydrogens (tertiary/aromatic N) is 4. The molecule has 5 heteroatoms. The van der Waals surface area contributed by atoms with Gasteiger partial charge in [0, 0.05) is 12.6 Å². The first-order chi connectivity index (χ1) is 11.2. The summed E-state index contributed by atoms with van der Waals surface area (Å²) in [6, 6.07) is 10.3. The van der Waals surface area contributed by atoms with Crippen molar-refractivity contribution in [3.63, 3.8) is 0 Å². The maximum absolute atomic E-state index is 12.6. The van der Waals surface area contributed by atoms with E-state index in [4.69, 9.17) is 5.26 Å². The second kappa shape index (κ2) is 5.03. The van der Waals surface area contributed by atoms with E-state index in [0.29, 0.717) is 23.2 Å². The third-order valence-corrected chi connectivity index (χ3v) is 4.55. The zero-order valence-electron chi connectivity index (χ0n) is 12.7. The summed E-state index contributed by atoms with van der Waals surface area (Å²) in [5.74, 6) is 0.222. The van der Waals surface area contributed by atoms with Gasteiger partial charge in [0.25, 0.3) is 0 Å². The molecular formula is C18H14N4O. The number of hydrogen-bond acceptors (Lipinski definition) is 4. The third kappa shape index (κ3) is 2.03. The molecule has 1 aliphatic rings. The number of hydrogen-bond donors (Lipinski definition) is 0.